The van der Waals surface area contributed by atoms with Gasteiger partial charge in [0.2, 0.25) is 0 Å². The predicted octanol–water partition coefficient (Wildman–Crippen LogP) is 2.21. The molecule has 0 aliphatic heterocycles. The number of hydrogen-bond donors (Lipinski definition) is 1. The fourth-order valence-electron chi connectivity index (χ4n) is 0.861. The molecule has 1 unspecified atom stereocenters. The first-order valence-corrected chi connectivity index (χ1v) is 5.01. The zero-order chi connectivity index (χ0) is 6.69. The molecule has 0 saturated heterocycles. The minimum Gasteiger partial charge on any atom is -0.306 e. The number of hydrogen-bond acceptors (Lipinski definition) is 1. The van der Waals surface area contributed by atoms with Crippen LogP contribution in [0.4, 0.5) is 0 Å². The van der Waals surface area contributed by atoms with Gasteiger partial charge in [-0.2, -0.15) is 0 Å². The van der Waals surface area contributed by atoms with Gasteiger partial charge in [-0.1, -0.05) is 18.2 Å². The molecular formula is C7H12NP. The van der Waals surface area contributed by atoms with Gasteiger partial charge in [0.15, 0.2) is 0 Å². The molecule has 0 heterocycles. The van der Waals surface area contributed by atoms with Gasteiger partial charge in [-0.25, -0.2) is 0 Å². The lowest BCUT2D eigenvalue weighted by Gasteiger charge is -2.09. The summed E-state index contributed by atoms with van der Waals surface area (Å²) in [6, 6.07) is 0. The quantitative estimate of drug-likeness (QED) is 0.556. The Labute approximate surface area is 57.4 Å². The van der Waals surface area contributed by atoms with Crippen molar-refractivity contribution in [2.24, 2.45) is 5.50 Å². The molecule has 9 heavy (non-hydrogen) atoms. The third-order valence-corrected chi connectivity index (χ3v) is 2.53. The van der Waals surface area contributed by atoms with Crippen molar-refractivity contribution in [3.8, 4) is 0 Å². The van der Waals surface area contributed by atoms with Crippen LogP contribution in [0.2, 0.25) is 0 Å². The summed E-state index contributed by atoms with van der Waals surface area (Å²) in [6.45, 7) is 2.08. The second-order valence-electron chi connectivity index (χ2n) is 2.22. The van der Waals surface area contributed by atoms with E-state index in [0.29, 0.717) is 0 Å². The maximum Gasteiger partial charge on any atom is -0.0132 e. The first kappa shape index (κ1) is 6.98. The molecule has 1 rings (SSSR count). The Hall–Kier alpha value is -0.130. The lowest BCUT2D eigenvalue weighted by Crippen LogP contribution is -1.89. The molecule has 2 N–H and O–H groups in total. The summed E-state index contributed by atoms with van der Waals surface area (Å²) in [5, 5.41) is 1.34. The highest BCUT2D eigenvalue weighted by molar-refractivity contribution is 7.59. The summed E-state index contributed by atoms with van der Waals surface area (Å²) < 4.78 is 0. The molecule has 0 spiro atoms. The van der Waals surface area contributed by atoms with E-state index in [-0.39, 0.29) is 8.07 Å². The van der Waals surface area contributed by atoms with Crippen molar-refractivity contribution in [1.82, 2.24) is 0 Å². The highest BCUT2D eigenvalue weighted by Gasteiger charge is 2.00. The second kappa shape index (κ2) is 3.14. The largest absolute Gasteiger partial charge is 0.306 e. The molecule has 0 aromatic carbocycles. The topological polar surface area (TPSA) is 26.0 Å². The molecule has 0 radical (unpaired) electrons. The Balaban J connectivity index is 2.58. The van der Waals surface area contributed by atoms with Crippen molar-refractivity contribution >= 4 is 8.07 Å². The molecule has 0 amide bonds. The lowest BCUT2D eigenvalue weighted by molar-refractivity contribution is 1.03. The average Bonchev–Trinajstić information content (AvgIpc) is 1.90. The smallest absolute Gasteiger partial charge is 0.0132 e. The van der Waals surface area contributed by atoms with Gasteiger partial charge in [0.25, 0.3) is 0 Å². The summed E-state index contributed by atoms with van der Waals surface area (Å²) in [6.07, 6.45) is 8.95. The van der Waals surface area contributed by atoms with Crippen LogP contribution in [0.1, 0.15) is 12.8 Å². The van der Waals surface area contributed by atoms with Gasteiger partial charge in [-0.15, -0.1) is 0 Å². The lowest BCUT2D eigenvalue weighted by atomic mass is 10.2. The van der Waals surface area contributed by atoms with E-state index in [4.69, 9.17) is 5.50 Å². The number of nitrogens with two attached hydrogens (primary N) is 1. The molecule has 2 heteroatoms. The van der Waals surface area contributed by atoms with Crippen LogP contribution >= 0.6 is 8.07 Å². The van der Waals surface area contributed by atoms with E-state index in [0.717, 1.165) is 0 Å². The fraction of sp³-hybridized carbons (Fsp3) is 0.429. The van der Waals surface area contributed by atoms with Gasteiger partial charge in [0.05, 0.1) is 0 Å². The normalized spacial score (nSPS) is 21.3. The van der Waals surface area contributed by atoms with Crippen molar-refractivity contribution in [2.75, 3.05) is 6.66 Å². The van der Waals surface area contributed by atoms with E-state index in [2.05, 4.69) is 24.9 Å². The van der Waals surface area contributed by atoms with E-state index < -0.39 is 0 Å². The third kappa shape index (κ3) is 1.92. The van der Waals surface area contributed by atoms with Gasteiger partial charge in [0, 0.05) is 0 Å². The van der Waals surface area contributed by atoms with Gasteiger partial charge in [-0.05, 0) is 32.9 Å². The van der Waals surface area contributed by atoms with Crippen molar-refractivity contribution in [1.29, 1.82) is 0 Å². The van der Waals surface area contributed by atoms with Crippen LogP contribution in [0.5, 0.6) is 0 Å². The molecule has 1 aliphatic rings. The van der Waals surface area contributed by atoms with E-state index >= 15 is 0 Å². The molecule has 0 aromatic heterocycles. The van der Waals surface area contributed by atoms with E-state index in [1.807, 2.05) is 0 Å². The molecular weight excluding hydrogens is 129 g/mol. The standard InChI is InChI=1S/C7H12NP/c1-9(8)7-5-3-2-4-6-7/h3,5-6H,2,4,8H2,1H3. The Morgan fingerprint density at radius 2 is 2.33 bits per heavy atom. The summed E-state index contributed by atoms with van der Waals surface area (Å²) in [5.74, 6) is 0. The van der Waals surface area contributed by atoms with Crippen molar-refractivity contribution < 1.29 is 0 Å². The average molecular weight is 141 g/mol. The molecule has 1 aliphatic carbocycles. The number of rotatable bonds is 1. The number of allylic oxidation sites excluding steroid dienone is 4. The van der Waals surface area contributed by atoms with E-state index in [9.17, 15) is 0 Å². The summed E-state index contributed by atoms with van der Waals surface area (Å²) in [7, 11) is -0.344. The molecule has 0 saturated carbocycles. The SMILES string of the molecule is CP(N)C1=CCCC=C1. The maximum atomic E-state index is 5.71. The van der Waals surface area contributed by atoms with Gasteiger partial charge < -0.3 is 5.50 Å². The van der Waals surface area contributed by atoms with Crippen LogP contribution in [-0.2, 0) is 0 Å². The highest BCUT2D eigenvalue weighted by Crippen LogP contribution is 2.34. The van der Waals surface area contributed by atoms with Crippen LogP contribution < -0.4 is 5.50 Å². The Morgan fingerprint density at radius 3 is 2.67 bits per heavy atom. The van der Waals surface area contributed by atoms with Crippen molar-refractivity contribution in [2.45, 2.75) is 12.8 Å². The maximum absolute atomic E-state index is 5.71. The monoisotopic (exact) mass is 141 g/mol. The van der Waals surface area contributed by atoms with Crippen LogP contribution in [0.25, 0.3) is 0 Å². The predicted molar refractivity (Wildman–Crippen MR) is 43.5 cm³/mol. The minimum atomic E-state index is -0.344. The minimum absolute atomic E-state index is 0.344. The summed E-state index contributed by atoms with van der Waals surface area (Å²) in [5.41, 5.74) is 5.71. The zero-order valence-corrected chi connectivity index (χ0v) is 6.57. The second-order valence-corrected chi connectivity index (χ2v) is 3.96. The molecule has 50 valence electrons. The molecule has 0 aromatic rings. The van der Waals surface area contributed by atoms with Crippen molar-refractivity contribution in [3.63, 3.8) is 0 Å². The Bertz CT molecular complexity index is 147. The molecule has 0 bridgehead atoms. The van der Waals surface area contributed by atoms with E-state index in [1.165, 1.54) is 18.2 Å². The van der Waals surface area contributed by atoms with Crippen LogP contribution in [0.3, 0.4) is 0 Å². The molecule has 1 atom stereocenters. The fourth-order valence-corrected chi connectivity index (χ4v) is 1.62. The highest BCUT2D eigenvalue weighted by atomic mass is 31.1. The Kier molecular flexibility index (Phi) is 2.44. The first-order chi connectivity index (χ1) is 4.30. The molecule has 0 fully saturated rings. The van der Waals surface area contributed by atoms with Gasteiger partial charge >= 0.3 is 0 Å². The Morgan fingerprint density at radius 1 is 1.56 bits per heavy atom. The zero-order valence-electron chi connectivity index (χ0n) is 5.67. The summed E-state index contributed by atoms with van der Waals surface area (Å²) in [4.78, 5) is 0. The van der Waals surface area contributed by atoms with Crippen LogP contribution in [0.15, 0.2) is 23.5 Å². The third-order valence-electron chi connectivity index (χ3n) is 1.38. The van der Waals surface area contributed by atoms with Crippen LogP contribution in [-0.4, -0.2) is 6.66 Å². The first-order valence-electron chi connectivity index (χ1n) is 3.16. The van der Waals surface area contributed by atoms with E-state index in [1.54, 1.807) is 0 Å². The molecule has 1 nitrogen and oxygen atoms in total. The van der Waals surface area contributed by atoms with Gasteiger partial charge in [-0.3, -0.25) is 0 Å². The van der Waals surface area contributed by atoms with Crippen molar-refractivity contribution in [3.05, 3.63) is 23.5 Å². The van der Waals surface area contributed by atoms with Crippen LogP contribution in [0, 0.1) is 0 Å². The van der Waals surface area contributed by atoms with Gasteiger partial charge in [0.1, 0.15) is 0 Å². The summed E-state index contributed by atoms with van der Waals surface area (Å²) >= 11 is 0.